The van der Waals surface area contributed by atoms with E-state index < -0.39 is 0 Å². The second-order valence-electron chi connectivity index (χ2n) is 7.26. The molecule has 0 spiro atoms. The summed E-state index contributed by atoms with van der Waals surface area (Å²) in [5.74, 6) is 1.68. The minimum absolute atomic E-state index is 0.133. The zero-order valence-electron chi connectivity index (χ0n) is 15.5. The van der Waals surface area contributed by atoms with Crippen LogP contribution in [0.15, 0.2) is 30.3 Å². The molecule has 1 aromatic heterocycles. The molecule has 0 aliphatic carbocycles. The average Bonchev–Trinajstić information content (AvgIpc) is 2.62. The zero-order chi connectivity index (χ0) is 17.9. The summed E-state index contributed by atoms with van der Waals surface area (Å²) in [4.78, 5) is 11.8. The Kier molecular flexibility index (Phi) is 5.18. The SMILES string of the molecule is COc1nc(N2CCOCC2)nc(C(C)(C)C)[n+]1Cc1ccccc1. The number of anilines is 1. The van der Waals surface area contributed by atoms with Crippen LogP contribution < -0.4 is 14.2 Å². The number of hydrogen-bond acceptors (Lipinski definition) is 5. The second kappa shape index (κ2) is 7.35. The molecule has 6 heteroatoms. The quantitative estimate of drug-likeness (QED) is 0.795. The monoisotopic (exact) mass is 343 g/mol. The topological polar surface area (TPSA) is 51.4 Å². The van der Waals surface area contributed by atoms with Crippen LogP contribution in [-0.4, -0.2) is 43.4 Å². The lowest BCUT2D eigenvalue weighted by Crippen LogP contribution is -2.48. The number of morpholine rings is 1. The zero-order valence-corrected chi connectivity index (χ0v) is 15.5. The fourth-order valence-corrected chi connectivity index (χ4v) is 2.96. The van der Waals surface area contributed by atoms with Gasteiger partial charge in [0.15, 0.2) is 0 Å². The van der Waals surface area contributed by atoms with Gasteiger partial charge in [-0.3, -0.25) is 0 Å². The predicted octanol–water partition coefficient (Wildman–Crippen LogP) is 1.96. The first-order valence-electron chi connectivity index (χ1n) is 8.72. The van der Waals surface area contributed by atoms with Crippen LogP contribution >= 0.6 is 0 Å². The molecule has 2 heterocycles. The smallest absolute Gasteiger partial charge is 0.438 e. The molecule has 134 valence electrons. The van der Waals surface area contributed by atoms with Crippen LogP contribution in [0.2, 0.25) is 0 Å². The fourth-order valence-electron chi connectivity index (χ4n) is 2.96. The molecule has 0 radical (unpaired) electrons. The third-order valence-electron chi connectivity index (χ3n) is 4.22. The normalized spacial score (nSPS) is 15.3. The van der Waals surface area contributed by atoms with Gasteiger partial charge in [-0.15, -0.1) is 0 Å². The molecule has 1 aliphatic rings. The molecule has 6 nitrogen and oxygen atoms in total. The van der Waals surface area contributed by atoms with Crippen LogP contribution in [-0.2, 0) is 16.7 Å². The highest BCUT2D eigenvalue weighted by atomic mass is 16.5. The van der Waals surface area contributed by atoms with E-state index >= 15 is 0 Å². The first-order chi connectivity index (χ1) is 12.0. The molecular weight excluding hydrogens is 316 g/mol. The van der Waals surface area contributed by atoms with Crippen LogP contribution in [0.25, 0.3) is 0 Å². The lowest BCUT2D eigenvalue weighted by Gasteiger charge is -2.25. The standard InChI is InChI=1S/C19H27N4O2/c1-19(2,3)16-20-17(22-10-12-25-13-11-22)21-18(24-4)23(16)14-15-8-6-5-7-9-15/h5-9H,10-14H2,1-4H3/q+1. The maximum atomic E-state index is 5.64. The molecule has 0 unspecified atom stereocenters. The number of aromatic nitrogens is 3. The Bertz CT molecular complexity index is 707. The van der Waals surface area contributed by atoms with E-state index in [9.17, 15) is 0 Å². The summed E-state index contributed by atoms with van der Waals surface area (Å²) < 4.78 is 13.2. The molecule has 0 bridgehead atoms. The Morgan fingerprint density at radius 1 is 1.12 bits per heavy atom. The van der Waals surface area contributed by atoms with E-state index in [4.69, 9.17) is 14.5 Å². The van der Waals surface area contributed by atoms with Crippen molar-refractivity contribution in [1.82, 2.24) is 9.97 Å². The molecule has 3 rings (SSSR count). The van der Waals surface area contributed by atoms with Crippen molar-refractivity contribution in [1.29, 1.82) is 0 Å². The van der Waals surface area contributed by atoms with Crippen molar-refractivity contribution in [2.45, 2.75) is 32.7 Å². The van der Waals surface area contributed by atoms with Crippen molar-refractivity contribution in [2.24, 2.45) is 0 Å². The number of hydrogen-bond donors (Lipinski definition) is 0. The van der Waals surface area contributed by atoms with Gasteiger partial charge < -0.3 is 14.4 Å². The van der Waals surface area contributed by atoms with Gasteiger partial charge in [-0.1, -0.05) is 56.1 Å². The molecule has 1 aromatic carbocycles. The van der Waals surface area contributed by atoms with Crippen molar-refractivity contribution in [2.75, 3.05) is 38.3 Å². The number of rotatable bonds is 4. The van der Waals surface area contributed by atoms with Crippen molar-refractivity contribution in [3.05, 3.63) is 41.7 Å². The van der Waals surface area contributed by atoms with Crippen LogP contribution in [0.5, 0.6) is 6.01 Å². The molecule has 2 aromatic rings. The Morgan fingerprint density at radius 3 is 2.40 bits per heavy atom. The van der Waals surface area contributed by atoms with Crippen molar-refractivity contribution < 1.29 is 14.0 Å². The van der Waals surface area contributed by atoms with Gasteiger partial charge >= 0.3 is 12.0 Å². The van der Waals surface area contributed by atoms with E-state index in [0.717, 1.165) is 24.9 Å². The van der Waals surface area contributed by atoms with E-state index in [1.54, 1.807) is 7.11 Å². The number of ether oxygens (including phenoxy) is 2. The van der Waals surface area contributed by atoms with Gasteiger partial charge in [0.1, 0.15) is 6.54 Å². The molecule has 0 atom stereocenters. The summed E-state index contributed by atoms with van der Waals surface area (Å²) in [5, 5.41) is 0. The summed E-state index contributed by atoms with van der Waals surface area (Å²) in [6.45, 7) is 10.2. The van der Waals surface area contributed by atoms with Crippen LogP contribution in [0.4, 0.5) is 5.95 Å². The molecule has 0 amide bonds. The average molecular weight is 343 g/mol. The van der Waals surface area contributed by atoms with Gasteiger partial charge in [0.25, 0.3) is 5.82 Å². The van der Waals surface area contributed by atoms with Gasteiger partial charge in [-0.25, -0.2) is 0 Å². The molecule has 1 saturated heterocycles. The Hall–Kier alpha value is -2.21. The maximum Gasteiger partial charge on any atom is 0.438 e. The van der Waals surface area contributed by atoms with Gasteiger partial charge in [0.05, 0.1) is 25.7 Å². The highest BCUT2D eigenvalue weighted by Gasteiger charge is 2.34. The molecular formula is C19H27N4O2+. The third kappa shape index (κ3) is 4.07. The Labute approximate surface area is 149 Å². The largest absolute Gasteiger partial charge is 0.444 e. The first-order valence-corrected chi connectivity index (χ1v) is 8.72. The lowest BCUT2D eigenvalue weighted by molar-refractivity contribution is -0.709. The van der Waals surface area contributed by atoms with Crippen LogP contribution in [0.3, 0.4) is 0 Å². The van der Waals surface area contributed by atoms with Crippen molar-refractivity contribution in [3.63, 3.8) is 0 Å². The predicted molar refractivity (Wildman–Crippen MR) is 96.1 cm³/mol. The maximum absolute atomic E-state index is 5.64. The Balaban J connectivity index is 2.05. The lowest BCUT2D eigenvalue weighted by atomic mass is 9.95. The second-order valence-corrected chi connectivity index (χ2v) is 7.26. The van der Waals surface area contributed by atoms with Gasteiger partial charge in [-0.05, 0) is 10.5 Å². The molecule has 1 fully saturated rings. The highest BCUT2D eigenvalue weighted by Crippen LogP contribution is 2.22. The van der Waals surface area contributed by atoms with E-state index in [1.807, 2.05) is 18.2 Å². The van der Waals surface area contributed by atoms with E-state index in [-0.39, 0.29) is 5.41 Å². The molecule has 25 heavy (non-hydrogen) atoms. The highest BCUT2D eigenvalue weighted by molar-refractivity contribution is 5.31. The summed E-state index contributed by atoms with van der Waals surface area (Å²) in [6.07, 6.45) is 0. The van der Waals surface area contributed by atoms with Gasteiger partial charge in [-0.2, -0.15) is 4.57 Å². The van der Waals surface area contributed by atoms with Gasteiger partial charge in [0.2, 0.25) is 0 Å². The van der Waals surface area contributed by atoms with E-state index in [2.05, 4.69) is 47.4 Å². The van der Waals surface area contributed by atoms with E-state index in [1.165, 1.54) is 5.56 Å². The molecule has 0 N–H and O–H groups in total. The first kappa shape index (κ1) is 17.6. The number of benzene rings is 1. The number of methoxy groups -OCH3 is 1. The summed E-state index contributed by atoms with van der Waals surface area (Å²) in [7, 11) is 1.67. The van der Waals surface area contributed by atoms with Crippen molar-refractivity contribution in [3.8, 4) is 6.01 Å². The Morgan fingerprint density at radius 2 is 1.80 bits per heavy atom. The van der Waals surface area contributed by atoms with Crippen LogP contribution in [0, 0.1) is 0 Å². The summed E-state index contributed by atoms with van der Waals surface area (Å²) >= 11 is 0. The summed E-state index contributed by atoms with van der Waals surface area (Å²) in [5.41, 5.74) is 1.06. The van der Waals surface area contributed by atoms with E-state index in [0.29, 0.717) is 25.8 Å². The minimum Gasteiger partial charge on any atom is -0.444 e. The minimum atomic E-state index is -0.133. The third-order valence-corrected chi connectivity index (χ3v) is 4.22. The number of nitrogens with zero attached hydrogens (tertiary/aromatic N) is 4. The van der Waals surface area contributed by atoms with Gasteiger partial charge in [0, 0.05) is 13.1 Å². The molecule has 0 saturated carbocycles. The fraction of sp³-hybridized carbons (Fsp3) is 0.526. The summed E-state index contributed by atoms with van der Waals surface area (Å²) in [6, 6.07) is 10.9. The van der Waals surface area contributed by atoms with Crippen LogP contribution in [0.1, 0.15) is 32.2 Å². The molecule has 1 aliphatic heterocycles. The van der Waals surface area contributed by atoms with Crippen molar-refractivity contribution >= 4 is 5.95 Å².